The van der Waals surface area contributed by atoms with E-state index in [1.165, 1.54) is 32.1 Å². The maximum atomic E-state index is 11.8. The summed E-state index contributed by atoms with van der Waals surface area (Å²) in [5.74, 6) is 2.76. The molecule has 1 fully saturated rings. The highest BCUT2D eigenvalue weighted by Crippen LogP contribution is 2.27. The summed E-state index contributed by atoms with van der Waals surface area (Å²) in [6.45, 7) is 4.46. The molecule has 0 aromatic carbocycles. The highest BCUT2D eigenvalue weighted by molar-refractivity contribution is 5.75. The van der Waals surface area contributed by atoms with E-state index in [4.69, 9.17) is 4.42 Å². The molecule has 3 nitrogen and oxygen atoms in total. The van der Waals surface area contributed by atoms with Crippen LogP contribution >= 0.6 is 0 Å². The van der Waals surface area contributed by atoms with Gasteiger partial charge in [-0.1, -0.05) is 32.1 Å². The highest BCUT2D eigenvalue weighted by Gasteiger charge is 2.15. The van der Waals surface area contributed by atoms with Crippen molar-refractivity contribution in [1.29, 1.82) is 0 Å². The maximum Gasteiger partial charge on any atom is 0.220 e. The first kappa shape index (κ1) is 14.2. The SMILES string of the molecule is Cc1cc(CNC(=O)CCC2CCCCC2)c(C)o1. The fourth-order valence-electron chi connectivity index (χ4n) is 2.95. The van der Waals surface area contributed by atoms with Crippen LogP contribution < -0.4 is 5.32 Å². The van der Waals surface area contributed by atoms with Crippen LogP contribution in [0.15, 0.2) is 10.5 Å². The Hall–Kier alpha value is -1.25. The van der Waals surface area contributed by atoms with Gasteiger partial charge < -0.3 is 9.73 Å². The molecule has 3 heteroatoms. The Morgan fingerprint density at radius 3 is 2.68 bits per heavy atom. The van der Waals surface area contributed by atoms with Crippen LogP contribution in [0.2, 0.25) is 0 Å². The largest absolute Gasteiger partial charge is 0.466 e. The third kappa shape index (κ3) is 4.41. The van der Waals surface area contributed by atoms with E-state index >= 15 is 0 Å². The van der Waals surface area contributed by atoms with Gasteiger partial charge in [-0.2, -0.15) is 0 Å². The van der Waals surface area contributed by atoms with Crippen LogP contribution in [0.3, 0.4) is 0 Å². The van der Waals surface area contributed by atoms with Crippen molar-refractivity contribution in [3.63, 3.8) is 0 Å². The first-order valence-electron chi connectivity index (χ1n) is 7.48. The van der Waals surface area contributed by atoms with Crippen LogP contribution in [0.5, 0.6) is 0 Å². The molecule has 1 aliphatic rings. The molecule has 1 saturated carbocycles. The summed E-state index contributed by atoms with van der Waals surface area (Å²) in [5.41, 5.74) is 1.09. The van der Waals surface area contributed by atoms with E-state index in [1.54, 1.807) is 0 Å². The lowest BCUT2D eigenvalue weighted by molar-refractivity contribution is -0.121. The Morgan fingerprint density at radius 2 is 2.05 bits per heavy atom. The van der Waals surface area contributed by atoms with Crippen LogP contribution in [0, 0.1) is 19.8 Å². The van der Waals surface area contributed by atoms with E-state index in [2.05, 4.69) is 5.32 Å². The standard InChI is InChI=1S/C16H25NO2/c1-12-10-15(13(2)19-12)11-17-16(18)9-8-14-6-4-3-5-7-14/h10,14H,3-9,11H2,1-2H3,(H,17,18). The fourth-order valence-corrected chi connectivity index (χ4v) is 2.95. The van der Waals surface area contributed by atoms with Crippen molar-refractivity contribution < 1.29 is 9.21 Å². The Labute approximate surface area is 115 Å². The smallest absolute Gasteiger partial charge is 0.220 e. The lowest BCUT2D eigenvalue weighted by Crippen LogP contribution is -2.23. The number of aryl methyl sites for hydroxylation is 2. The van der Waals surface area contributed by atoms with E-state index in [9.17, 15) is 4.79 Å². The molecule has 1 heterocycles. The molecule has 1 amide bonds. The van der Waals surface area contributed by atoms with Gasteiger partial charge in [-0.3, -0.25) is 4.79 Å². The lowest BCUT2D eigenvalue weighted by Gasteiger charge is -2.20. The molecule has 1 aromatic rings. The van der Waals surface area contributed by atoms with Crippen LogP contribution in [0.4, 0.5) is 0 Å². The van der Waals surface area contributed by atoms with E-state index in [1.807, 2.05) is 19.9 Å². The minimum absolute atomic E-state index is 0.170. The van der Waals surface area contributed by atoms with Gasteiger partial charge >= 0.3 is 0 Å². The summed E-state index contributed by atoms with van der Waals surface area (Å²) < 4.78 is 5.45. The van der Waals surface area contributed by atoms with Crippen LogP contribution in [-0.4, -0.2) is 5.91 Å². The second-order valence-corrected chi connectivity index (χ2v) is 5.76. The maximum absolute atomic E-state index is 11.8. The van der Waals surface area contributed by atoms with Gasteiger partial charge in [0.2, 0.25) is 5.91 Å². The Balaban J connectivity index is 1.68. The quantitative estimate of drug-likeness (QED) is 0.876. The average molecular weight is 263 g/mol. The zero-order valence-electron chi connectivity index (χ0n) is 12.1. The topological polar surface area (TPSA) is 42.2 Å². The molecule has 1 N–H and O–H groups in total. The number of carbonyl (C=O) groups excluding carboxylic acids is 1. The minimum atomic E-state index is 0.170. The molecule has 0 bridgehead atoms. The van der Waals surface area contributed by atoms with E-state index in [0.717, 1.165) is 29.4 Å². The molecule has 1 aromatic heterocycles. The highest BCUT2D eigenvalue weighted by atomic mass is 16.3. The van der Waals surface area contributed by atoms with Crippen molar-refractivity contribution >= 4 is 5.91 Å². The minimum Gasteiger partial charge on any atom is -0.466 e. The van der Waals surface area contributed by atoms with Gasteiger partial charge in [0.05, 0.1) is 0 Å². The molecule has 1 aliphatic carbocycles. The van der Waals surface area contributed by atoms with E-state index in [-0.39, 0.29) is 5.91 Å². The van der Waals surface area contributed by atoms with Crippen molar-refractivity contribution in [2.24, 2.45) is 5.92 Å². The van der Waals surface area contributed by atoms with Crippen molar-refractivity contribution in [1.82, 2.24) is 5.32 Å². The molecule has 0 unspecified atom stereocenters. The summed E-state index contributed by atoms with van der Waals surface area (Å²) in [6.07, 6.45) is 8.41. The van der Waals surface area contributed by atoms with E-state index in [0.29, 0.717) is 13.0 Å². The normalized spacial score (nSPS) is 16.5. The zero-order chi connectivity index (χ0) is 13.7. The van der Waals surface area contributed by atoms with Crippen LogP contribution in [-0.2, 0) is 11.3 Å². The van der Waals surface area contributed by atoms with Crippen molar-refractivity contribution in [3.05, 3.63) is 23.2 Å². The Bertz CT molecular complexity index is 416. The third-order valence-electron chi connectivity index (χ3n) is 4.12. The van der Waals surface area contributed by atoms with Gasteiger partial charge in [0.25, 0.3) is 0 Å². The molecular formula is C16H25NO2. The summed E-state index contributed by atoms with van der Waals surface area (Å²) in [5, 5.41) is 2.99. The number of hydrogen-bond donors (Lipinski definition) is 1. The van der Waals surface area contributed by atoms with Gasteiger partial charge in [0.15, 0.2) is 0 Å². The third-order valence-corrected chi connectivity index (χ3v) is 4.12. The number of carbonyl (C=O) groups is 1. The van der Waals surface area contributed by atoms with Crippen LogP contribution in [0.1, 0.15) is 62.0 Å². The summed E-state index contributed by atoms with van der Waals surface area (Å²) in [7, 11) is 0. The van der Waals surface area contributed by atoms with Crippen molar-refractivity contribution in [3.8, 4) is 0 Å². The Kier molecular flexibility index (Phi) is 5.06. The van der Waals surface area contributed by atoms with Crippen LogP contribution in [0.25, 0.3) is 0 Å². The second-order valence-electron chi connectivity index (χ2n) is 5.76. The zero-order valence-corrected chi connectivity index (χ0v) is 12.1. The number of furan rings is 1. The molecule has 106 valence electrons. The fraction of sp³-hybridized carbons (Fsp3) is 0.688. The summed E-state index contributed by atoms with van der Waals surface area (Å²) >= 11 is 0. The molecule has 0 atom stereocenters. The van der Waals surface area contributed by atoms with E-state index < -0.39 is 0 Å². The molecule has 19 heavy (non-hydrogen) atoms. The molecular weight excluding hydrogens is 238 g/mol. The lowest BCUT2D eigenvalue weighted by atomic mass is 9.86. The number of hydrogen-bond acceptors (Lipinski definition) is 2. The molecule has 0 spiro atoms. The van der Waals surface area contributed by atoms with Crippen molar-refractivity contribution in [2.45, 2.75) is 65.3 Å². The molecule has 0 saturated heterocycles. The second kappa shape index (κ2) is 6.78. The predicted octanol–water partition coefficient (Wildman–Crippen LogP) is 3.87. The van der Waals surface area contributed by atoms with Gasteiger partial charge in [-0.15, -0.1) is 0 Å². The number of rotatable bonds is 5. The monoisotopic (exact) mass is 263 g/mol. The predicted molar refractivity (Wildman–Crippen MR) is 75.8 cm³/mol. The average Bonchev–Trinajstić information content (AvgIpc) is 2.73. The Morgan fingerprint density at radius 1 is 1.32 bits per heavy atom. The summed E-state index contributed by atoms with van der Waals surface area (Å²) in [4.78, 5) is 11.8. The number of amides is 1. The number of nitrogens with one attached hydrogen (secondary N) is 1. The van der Waals surface area contributed by atoms with Gasteiger partial charge in [-0.05, 0) is 32.3 Å². The van der Waals surface area contributed by atoms with Gasteiger partial charge in [-0.25, -0.2) is 0 Å². The molecule has 2 rings (SSSR count). The van der Waals surface area contributed by atoms with Gasteiger partial charge in [0.1, 0.15) is 11.5 Å². The first-order valence-corrected chi connectivity index (χ1v) is 7.48. The first-order chi connectivity index (χ1) is 9.15. The van der Waals surface area contributed by atoms with Crippen molar-refractivity contribution in [2.75, 3.05) is 0 Å². The van der Waals surface area contributed by atoms with Gasteiger partial charge in [0, 0.05) is 18.5 Å². The summed E-state index contributed by atoms with van der Waals surface area (Å²) in [6, 6.07) is 2.00. The molecule has 0 radical (unpaired) electrons. The molecule has 0 aliphatic heterocycles.